The Morgan fingerprint density at radius 3 is 1.16 bits per heavy atom. The summed E-state index contributed by atoms with van der Waals surface area (Å²) in [4.78, 5) is 0. The van der Waals surface area contributed by atoms with Gasteiger partial charge >= 0.3 is 0 Å². The largest absolute Gasteiger partial charge is 0.209 e. The van der Waals surface area contributed by atoms with Crippen LogP contribution in [0.15, 0.2) is 90.8 Å². The maximum atomic E-state index is 13.7. The van der Waals surface area contributed by atoms with E-state index in [4.69, 9.17) is 0 Å². The predicted molar refractivity (Wildman–Crippen MR) is 117 cm³/mol. The van der Waals surface area contributed by atoms with Crippen molar-refractivity contribution in [1.82, 2.24) is 0 Å². The average molecular weight is 436 g/mol. The molecule has 32 heavy (non-hydrogen) atoms. The maximum Gasteiger partial charge on any atom is 0.194 e. The van der Waals surface area contributed by atoms with Gasteiger partial charge in [-0.1, -0.05) is 72.8 Å². The Morgan fingerprint density at radius 1 is 0.500 bits per heavy atom. The molecule has 0 amide bonds. The van der Waals surface area contributed by atoms with E-state index in [0.29, 0.717) is 5.56 Å². The zero-order valence-corrected chi connectivity index (χ0v) is 17.0. The molecule has 0 spiro atoms. The highest BCUT2D eigenvalue weighted by molar-refractivity contribution is 5.74. The number of hydrogen-bond donors (Lipinski definition) is 0. The number of rotatable bonds is 4. The standard InChI is InChI=1S/C27H17F5/c1-16(28)26(31)22-12-10-20(11-13-22)18-4-2-17(3-5-18)19-6-8-21(9-7-19)23-14-24(29)27(32)25(30)15-23/h2-15H,1H3/b26-16+. The second-order valence-electron chi connectivity index (χ2n) is 7.33. The molecule has 4 aromatic rings. The summed E-state index contributed by atoms with van der Waals surface area (Å²) >= 11 is 0. The first-order valence-electron chi connectivity index (χ1n) is 9.81. The molecule has 0 saturated carbocycles. The Kier molecular flexibility index (Phi) is 5.91. The maximum absolute atomic E-state index is 13.7. The summed E-state index contributed by atoms with van der Waals surface area (Å²) in [5, 5.41) is 0. The highest BCUT2D eigenvalue weighted by Gasteiger charge is 2.12. The van der Waals surface area contributed by atoms with Gasteiger partial charge in [-0.05, 0) is 52.4 Å². The van der Waals surface area contributed by atoms with E-state index in [-0.39, 0.29) is 11.1 Å². The molecule has 0 aliphatic rings. The minimum Gasteiger partial charge on any atom is -0.209 e. The Morgan fingerprint density at radius 2 is 0.812 bits per heavy atom. The summed E-state index contributed by atoms with van der Waals surface area (Å²) in [5.41, 5.74) is 4.59. The first kappa shape index (κ1) is 21.5. The first-order valence-corrected chi connectivity index (χ1v) is 9.81. The topological polar surface area (TPSA) is 0 Å². The van der Waals surface area contributed by atoms with Crippen LogP contribution in [0.5, 0.6) is 0 Å². The van der Waals surface area contributed by atoms with Crippen LogP contribution < -0.4 is 0 Å². The zero-order valence-electron chi connectivity index (χ0n) is 17.0. The number of hydrogen-bond acceptors (Lipinski definition) is 0. The molecule has 0 aliphatic heterocycles. The lowest BCUT2D eigenvalue weighted by Gasteiger charge is -2.08. The van der Waals surface area contributed by atoms with E-state index in [1.165, 1.54) is 12.1 Å². The molecule has 160 valence electrons. The van der Waals surface area contributed by atoms with Crippen molar-refractivity contribution in [2.24, 2.45) is 0 Å². The molecular formula is C27H17F5. The van der Waals surface area contributed by atoms with Crippen LogP contribution in [0.1, 0.15) is 12.5 Å². The normalized spacial score (nSPS) is 11.9. The molecule has 0 nitrogen and oxygen atoms in total. The molecule has 0 heterocycles. The van der Waals surface area contributed by atoms with Crippen LogP contribution in [0.4, 0.5) is 22.0 Å². The molecule has 0 bridgehead atoms. The smallest absolute Gasteiger partial charge is 0.194 e. The lowest BCUT2D eigenvalue weighted by Crippen LogP contribution is -1.91. The quantitative estimate of drug-likeness (QED) is 0.222. The Balaban J connectivity index is 1.55. The van der Waals surface area contributed by atoms with E-state index in [9.17, 15) is 22.0 Å². The fraction of sp³-hybridized carbons (Fsp3) is 0.0370. The molecule has 0 fully saturated rings. The van der Waals surface area contributed by atoms with Crippen molar-refractivity contribution in [1.29, 1.82) is 0 Å². The molecular weight excluding hydrogens is 419 g/mol. The molecule has 0 unspecified atom stereocenters. The van der Waals surface area contributed by atoms with Crippen LogP contribution in [0.2, 0.25) is 0 Å². The Bertz CT molecular complexity index is 1260. The number of allylic oxidation sites excluding steroid dienone is 1. The molecule has 0 aromatic heterocycles. The van der Waals surface area contributed by atoms with E-state index in [2.05, 4.69) is 0 Å². The fourth-order valence-corrected chi connectivity index (χ4v) is 3.44. The van der Waals surface area contributed by atoms with Crippen LogP contribution >= 0.6 is 0 Å². The Hall–Kier alpha value is -3.73. The van der Waals surface area contributed by atoms with Gasteiger partial charge < -0.3 is 0 Å². The van der Waals surface area contributed by atoms with E-state index < -0.39 is 29.1 Å². The van der Waals surface area contributed by atoms with Crippen molar-refractivity contribution in [3.63, 3.8) is 0 Å². The van der Waals surface area contributed by atoms with Gasteiger partial charge in [-0.2, -0.15) is 0 Å². The van der Waals surface area contributed by atoms with E-state index in [1.54, 1.807) is 24.3 Å². The van der Waals surface area contributed by atoms with Gasteiger partial charge in [0.1, 0.15) is 5.83 Å². The molecule has 0 atom stereocenters. The van der Waals surface area contributed by atoms with Gasteiger partial charge in [0.2, 0.25) is 0 Å². The summed E-state index contributed by atoms with van der Waals surface area (Å²) in [6.07, 6.45) is 0. The molecule has 0 N–H and O–H groups in total. The fourth-order valence-electron chi connectivity index (χ4n) is 3.44. The van der Waals surface area contributed by atoms with Crippen molar-refractivity contribution in [3.05, 3.63) is 114 Å². The Labute approximate surface area is 182 Å². The molecule has 0 saturated heterocycles. The van der Waals surface area contributed by atoms with E-state index >= 15 is 0 Å². The summed E-state index contributed by atoms with van der Waals surface area (Å²) in [6, 6.07) is 23.1. The molecule has 5 heteroatoms. The molecule has 0 aliphatic carbocycles. The van der Waals surface area contributed by atoms with Gasteiger partial charge in [-0.15, -0.1) is 0 Å². The van der Waals surface area contributed by atoms with Crippen molar-refractivity contribution in [2.75, 3.05) is 0 Å². The summed E-state index contributed by atoms with van der Waals surface area (Å²) in [6.45, 7) is 1.07. The van der Waals surface area contributed by atoms with E-state index in [0.717, 1.165) is 41.3 Å². The number of halogens is 5. The third kappa shape index (κ3) is 4.33. The van der Waals surface area contributed by atoms with Gasteiger partial charge in [0.25, 0.3) is 0 Å². The minimum absolute atomic E-state index is 0.186. The third-order valence-corrected chi connectivity index (χ3v) is 5.19. The predicted octanol–water partition coefficient (Wildman–Crippen LogP) is 8.73. The summed E-state index contributed by atoms with van der Waals surface area (Å²) in [5.74, 6) is -5.68. The SMILES string of the molecule is C/C(F)=C(\F)c1ccc(-c2ccc(-c3ccc(-c4cc(F)c(F)c(F)c4)cc3)cc2)cc1. The van der Waals surface area contributed by atoms with Gasteiger partial charge in [0.15, 0.2) is 23.3 Å². The zero-order chi connectivity index (χ0) is 22.8. The van der Waals surface area contributed by atoms with Crippen LogP contribution in [0.3, 0.4) is 0 Å². The second kappa shape index (κ2) is 8.79. The van der Waals surface area contributed by atoms with Crippen LogP contribution in [-0.2, 0) is 0 Å². The monoisotopic (exact) mass is 436 g/mol. The average Bonchev–Trinajstić information content (AvgIpc) is 2.82. The van der Waals surface area contributed by atoms with Gasteiger partial charge in [0.05, 0.1) is 0 Å². The second-order valence-corrected chi connectivity index (χ2v) is 7.33. The van der Waals surface area contributed by atoms with E-state index in [1.807, 2.05) is 36.4 Å². The lowest BCUT2D eigenvalue weighted by molar-refractivity contribution is 0.448. The minimum atomic E-state index is -1.49. The summed E-state index contributed by atoms with van der Waals surface area (Å²) < 4.78 is 66.9. The lowest BCUT2D eigenvalue weighted by atomic mass is 9.97. The van der Waals surface area contributed by atoms with Crippen LogP contribution in [-0.4, -0.2) is 0 Å². The van der Waals surface area contributed by atoms with Crippen molar-refractivity contribution >= 4 is 5.83 Å². The van der Waals surface area contributed by atoms with Crippen molar-refractivity contribution < 1.29 is 22.0 Å². The van der Waals surface area contributed by atoms with Gasteiger partial charge in [0, 0.05) is 5.56 Å². The molecule has 4 rings (SSSR count). The third-order valence-electron chi connectivity index (χ3n) is 5.19. The van der Waals surface area contributed by atoms with Crippen molar-refractivity contribution in [2.45, 2.75) is 6.92 Å². The number of benzene rings is 4. The van der Waals surface area contributed by atoms with Crippen LogP contribution in [0.25, 0.3) is 39.2 Å². The van der Waals surface area contributed by atoms with Gasteiger partial charge in [-0.3, -0.25) is 0 Å². The first-order chi connectivity index (χ1) is 15.3. The highest BCUT2D eigenvalue weighted by Crippen LogP contribution is 2.30. The van der Waals surface area contributed by atoms with Crippen molar-refractivity contribution in [3.8, 4) is 33.4 Å². The van der Waals surface area contributed by atoms with Crippen LogP contribution in [0, 0.1) is 17.5 Å². The highest BCUT2D eigenvalue weighted by atomic mass is 19.2. The van der Waals surface area contributed by atoms with Gasteiger partial charge in [-0.25, -0.2) is 22.0 Å². The molecule has 4 aromatic carbocycles. The molecule has 0 radical (unpaired) electrons. The summed E-state index contributed by atoms with van der Waals surface area (Å²) in [7, 11) is 0.